The molecule has 0 unspecified atom stereocenters. The maximum Gasteiger partial charge on any atom is 0.339 e. The first-order chi connectivity index (χ1) is 9.08. The van der Waals surface area contributed by atoms with Crippen molar-refractivity contribution in [2.24, 2.45) is 0 Å². The molecule has 0 aliphatic heterocycles. The number of carboxylic acid groups (broad SMARTS) is 1. The van der Waals surface area contributed by atoms with Crippen molar-refractivity contribution in [2.45, 2.75) is 0 Å². The Labute approximate surface area is 111 Å². The fourth-order valence-corrected chi connectivity index (χ4v) is 1.44. The summed E-state index contributed by atoms with van der Waals surface area (Å²) in [7, 11) is 1.37. The van der Waals surface area contributed by atoms with Gasteiger partial charge in [-0.05, 0) is 12.1 Å². The average molecular weight is 264 g/mol. The van der Waals surface area contributed by atoms with E-state index in [1.807, 2.05) is 0 Å². The number of ether oxygens (including phenoxy) is 1. The molecular formula is C13H16N2O4. The Morgan fingerprint density at radius 3 is 2.79 bits per heavy atom. The molecule has 0 atom stereocenters. The van der Waals surface area contributed by atoms with Crippen molar-refractivity contribution in [2.75, 3.05) is 25.5 Å². The number of carboxylic acids is 1. The van der Waals surface area contributed by atoms with E-state index >= 15 is 0 Å². The summed E-state index contributed by atoms with van der Waals surface area (Å²) in [5, 5.41) is 14.4. The lowest BCUT2D eigenvalue weighted by molar-refractivity contribution is -0.115. The van der Waals surface area contributed by atoms with Gasteiger partial charge < -0.3 is 20.5 Å². The van der Waals surface area contributed by atoms with Crippen molar-refractivity contribution in [1.82, 2.24) is 5.32 Å². The molecule has 19 heavy (non-hydrogen) atoms. The van der Waals surface area contributed by atoms with Gasteiger partial charge in [0.1, 0.15) is 11.3 Å². The number of anilines is 1. The highest BCUT2D eigenvalue weighted by atomic mass is 16.5. The van der Waals surface area contributed by atoms with E-state index in [-0.39, 0.29) is 23.8 Å². The fraction of sp³-hybridized carbons (Fsp3) is 0.231. The molecule has 0 aliphatic carbocycles. The van der Waals surface area contributed by atoms with Crippen LogP contribution in [0.3, 0.4) is 0 Å². The minimum absolute atomic E-state index is 0.0466. The molecule has 0 bridgehead atoms. The van der Waals surface area contributed by atoms with Crippen LogP contribution in [0.25, 0.3) is 0 Å². The number of benzene rings is 1. The first-order valence-corrected chi connectivity index (χ1v) is 5.61. The molecule has 0 aliphatic rings. The van der Waals surface area contributed by atoms with Gasteiger partial charge in [0.25, 0.3) is 0 Å². The quantitative estimate of drug-likeness (QED) is 0.507. The van der Waals surface area contributed by atoms with Crippen molar-refractivity contribution in [3.8, 4) is 5.75 Å². The van der Waals surface area contributed by atoms with Crippen molar-refractivity contribution in [1.29, 1.82) is 0 Å². The van der Waals surface area contributed by atoms with Crippen LogP contribution < -0.4 is 15.4 Å². The third-order valence-electron chi connectivity index (χ3n) is 2.29. The molecule has 1 aromatic carbocycles. The highest BCUT2D eigenvalue weighted by Crippen LogP contribution is 2.23. The van der Waals surface area contributed by atoms with Gasteiger partial charge in [0.05, 0.1) is 13.7 Å². The van der Waals surface area contributed by atoms with Crippen LogP contribution >= 0.6 is 0 Å². The Bertz CT molecular complexity index is 486. The van der Waals surface area contributed by atoms with Crippen LogP contribution in [0.5, 0.6) is 5.75 Å². The Morgan fingerprint density at radius 2 is 2.21 bits per heavy atom. The van der Waals surface area contributed by atoms with Crippen LogP contribution in [0.4, 0.5) is 5.69 Å². The van der Waals surface area contributed by atoms with E-state index in [1.165, 1.54) is 25.3 Å². The predicted molar refractivity (Wildman–Crippen MR) is 71.6 cm³/mol. The van der Waals surface area contributed by atoms with Gasteiger partial charge in [-0.25, -0.2) is 4.79 Å². The number of carbonyl (C=O) groups excluding carboxylic acids is 1. The summed E-state index contributed by atoms with van der Waals surface area (Å²) in [6.07, 6.45) is 1.65. The van der Waals surface area contributed by atoms with E-state index in [0.29, 0.717) is 12.2 Å². The molecule has 1 amide bonds. The molecule has 0 aromatic heterocycles. The molecule has 6 nitrogen and oxygen atoms in total. The molecular weight excluding hydrogens is 248 g/mol. The third-order valence-corrected chi connectivity index (χ3v) is 2.29. The van der Waals surface area contributed by atoms with E-state index in [4.69, 9.17) is 9.84 Å². The molecule has 0 saturated heterocycles. The van der Waals surface area contributed by atoms with Gasteiger partial charge in [0, 0.05) is 18.3 Å². The zero-order valence-electron chi connectivity index (χ0n) is 10.6. The van der Waals surface area contributed by atoms with E-state index in [9.17, 15) is 9.59 Å². The molecule has 102 valence electrons. The second-order valence-electron chi connectivity index (χ2n) is 3.69. The largest absolute Gasteiger partial charge is 0.496 e. The summed E-state index contributed by atoms with van der Waals surface area (Å²) in [6, 6.07) is 4.36. The number of aromatic carboxylic acids is 1. The molecule has 1 aromatic rings. The number of nitrogens with one attached hydrogen (secondary N) is 2. The van der Waals surface area contributed by atoms with E-state index < -0.39 is 5.97 Å². The van der Waals surface area contributed by atoms with Gasteiger partial charge in [-0.15, -0.1) is 6.58 Å². The molecule has 0 saturated carbocycles. The van der Waals surface area contributed by atoms with Crippen LogP contribution in [-0.4, -0.2) is 37.2 Å². The lowest BCUT2D eigenvalue weighted by atomic mass is 10.2. The standard InChI is InChI=1S/C13H16N2O4/c1-3-6-14-8-12(16)15-9-4-5-10(13(17)18)11(7-9)19-2/h3-5,7,14H,1,6,8H2,2H3,(H,15,16)(H,17,18). The smallest absolute Gasteiger partial charge is 0.339 e. The van der Waals surface area contributed by atoms with E-state index in [2.05, 4.69) is 17.2 Å². The minimum Gasteiger partial charge on any atom is -0.496 e. The molecule has 0 radical (unpaired) electrons. The average Bonchev–Trinajstić information content (AvgIpc) is 2.38. The summed E-state index contributed by atoms with van der Waals surface area (Å²) in [5.41, 5.74) is 0.525. The van der Waals surface area contributed by atoms with Gasteiger partial charge in [0.15, 0.2) is 0 Å². The summed E-state index contributed by atoms with van der Waals surface area (Å²) in [6.45, 7) is 4.21. The van der Waals surface area contributed by atoms with Crippen LogP contribution in [0, 0.1) is 0 Å². The molecule has 6 heteroatoms. The number of rotatable bonds is 7. The number of carbonyl (C=O) groups is 2. The number of hydrogen-bond acceptors (Lipinski definition) is 4. The fourth-order valence-electron chi connectivity index (χ4n) is 1.44. The SMILES string of the molecule is C=CCNCC(=O)Nc1ccc(C(=O)O)c(OC)c1. The summed E-state index contributed by atoms with van der Waals surface area (Å²) < 4.78 is 4.97. The van der Waals surface area contributed by atoms with Crippen LogP contribution in [0.15, 0.2) is 30.9 Å². The molecule has 1 rings (SSSR count). The summed E-state index contributed by atoms with van der Waals surface area (Å²) in [4.78, 5) is 22.4. The summed E-state index contributed by atoms with van der Waals surface area (Å²) in [5.74, 6) is -1.11. The monoisotopic (exact) mass is 264 g/mol. The Balaban J connectivity index is 2.71. The highest BCUT2D eigenvalue weighted by Gasteiger charge is 2.12. The molecule has 0 heterocycles. The highest BCUT2D eigenvalue weighted by molar-refractivity contribution is 5.95. The second-order valence-corrected chi connectivity index (χ2v) is 3.69. The third kappa shape index (κ3) is 4.44. The van der Waals surface area contributed by atoms with Crippen molar-refractivity contribution < 1.29 is 19.4 Å². The van der Waals surface area contributed by atoms with Gasteiger partial charge in [-0.1, -0.05) is 6.08 Å². The predicted octanol–water partition coefficient (Wildman–Crippen LogP) is 1.11. The zero-order valence-corrected chi connectivity index (χ0v) is 10.6. The Kier molecular flexibility index (Phi) is 5.56. The second kappa shape index (κ2) is 7.17. The summed E-state index contributed by atoms with van der Waals surface area (Å²) >= 11 is 0. The van der Waals surface area contributed by atoms with Gasteiger partial charge in [0.2, 0.25) is 5.91 Å². The van der Waals surface area contributed by atoms with Gasteiger partial charge in [-0.2, -0.15) is 0 Å². The number of hydrogen-bond donors (Lipinski definition) is 3. The molecule has 3 N–H and O–H groups in total. The number of amides is 1. The van der Waals surface area contributed by atoms with Crippen LogP contribution in [0.1, 0.15) is 10.4 Å². The van der Waals surface area contributed by atoms with Gasteiger partial charge >= 0.3 is 5.97 Å². The van der Waals surface area contributed by atoms with E-state index in [1.54, 1.807) is 6.08 Å². The van der Waals surface area contributed by atoms with Crippen LogP contribution in [-0.2, 0) is 4.79 Å². The van der Waals surface area contributed by atoms with Crippen molar-refractivity contribution in [3.63, 3.8) is 0 Å². The minimum atomic E-state index is -1.08. The zero-order chi connectivity index (χ0) is 14.3. The van der Waals surface area contributed by atoms with Gasteiger partial charge in [-0.3, -0.25) is 4.79 Å². The number of methoxy groups -OCH3 is 1. The Hall–Kier alpha value is -2.34. The maximum absolute atomic E-state index is 11.5. The van der Waals surface area contributed by atoms with Crippen molar-refractivity contribution >= 4 is 17.6 Å². The molecule has 0 fully saturated rings. The lowest BCUT2D eigenvalue weighted by Gasteiger charge is -2.09. The normalized spacial score (nSPS) is 9.74. The molecule has 0 spiro atoms. The van der Waals surface area contributed by atoms with Crippen LogP contribution in [0.2, 0.25) is 0 Å². The van der Waals surface area contributed by atoms with Crippen molar-refractivity contribution in [3.05, 3.63) is 36.4 Å². The Morgan fingerprint density at radius 1 is 1.47 bits per heavy atom. The maximum atomic E-state index is 11.5. The lowest BCUT2D eigenvalue weighted by Crippen LogP contribution is -2.28. The van der Waals surface area contributed by atoms with E-state index in [0.717, 1.165) is 0 Å². The first kappa shape index (κ1) is 14.7. The first-order valence-electron chi connectivity index (χ1n) is 5.61. The topological polar surface area (TPSA) is 87.7 Å².